The normalized spacial score (nSPS) is 51.5. The second kappa shape index (κ2) is 5.09. The fraction of sp³-hybridized carbons (Fsp3) is 0.889. The highest BCUT2D eigenvalue weighted by Gasteiger charge is 2.62. The van der Waals surface area contributed by atoms with Crippen LogP contribution in [0.25, 0.3) is 0 Å². The molecule has 5 nitrogen and oxygen atoms in total. The van der Waals surface area contributed by atoms with Crippen molar-refractivity contribution in [2.24, 2.45) is 28.9 Å². The number of fused-ring (bicyclic) bond motifs is 1. The van der Waals surface area contributed by atoms with E-state index >= 15 is 0 Å². The van der Waals surface area contributed by atoms with Gasteiger partial charge in [0, 0.05) is 6.04 Å². The van der Waals surface area contributed by atoms with E-state index in [0.29, 0.717) is 24.2 Å². The van der Waals surface area contributed by atoms with E-state index in [1.165, 1.54) is 6.42 Å². The number of carbonyl (C=O) groups is 1. The van der Waals surface area contributed by atoms with Crippen molar-refractivity contribution in [3.63, 3.8) is 0 Å². The highest BCUT2D eigenvalue weighted by atomic mass is 35.5. The molecule has 5 saturated carbocycles. The van der Waals surface area contributed by atoms with Crippen LogP contribution in [0, 0.1) is 34.5 Å². The van der Waals surface area contributed by atoms with Crippen LogP contribution >= 0.6 is 12.4 Å². The van der Waals surface area contributed by atoms with Gasteiger partial charge in [-0.05, 0) is 74.5 Å². The van der Waals surface area contributed by atoms with Gasteiger partial charge in [0.25, 0.3) is 0 Å². The Morgan fingerprint density at radius 2 is 1.88 bits per heavy atom. The average molecular weight is 352 g/mol. The Morgan fingerprint density at radius 3 is 2.46 bits per heavy atom. The highest BCUT2D eigenvalue weighted by molar-refractivity contribution is 5.85. The number of hydrogen-bond donors (Lipinski definition) is 2. The molecular formula is C18H26ClN3O2. The SMILES string of the molecule is Cl.N#C[C@@H]1C[C@@H]2C[C@@H]2N1C(=O)[C@H](N)C12CC3CC(CC(O)(C3)C1)C2. The van der Waals surface area contributed by atoms with Gasteiger partial charge in [-0.3, -0.25) is 4.79 Å². The van der Waals surface area contributed by atoms with Gasteiger partial charge in [-0.1, -0.05) is 0 Å². The monoisotopic (exact) mass is 351 g/mol. The Balaban J connectivity index is 0.00000146. The van der Waals surface area contributed by atoms with E-state index in [-0.39, 0.29) is 35.8 Å². The number of piperidine rings is 1. The minimum atomic E-state index is -0.594. The van der Waals surface area contributed by atoms with Gasteiger partial charge in [0.1, 0.15) is 6.04 Å². The van der Waals surface area contributed by atoms with Gasteiger partial charge in [0.15, 0.2) is 0 Å². The molecule has 1 aliphatic heterocycles. The first kappa shape index (κ1) is 16.6. The first-order valence-electron chi connectivity index (χ1n) is 9.13. The Hall–Kier alpha value is -0.830. The number of aliphatic hydroxyl groups is 1. The van der Waals surface area contributed by atoms with Crippen LogP contribution in [0.1, 0.15) is 51.4 Å². The molecule has 6 aliphatic rings. The molecule has 0 aromatic carbocycles. The molecule has 6 heteroatoms. The second-order valence-electron chi connectivity index (χ2n) is 9.21. The predicted molar refractivity (Wildman–Crippen MR) is 90.0 cm³/mol. The van der Waals surface area contributed by atoms with Crippen molar-refractivity contribution in [1.82, 2.24) is 4.90 Å². The summed E-state index contributed by atoms with van der Waals surface area (Å²) in [4.78, 5) is 14.9. The van der Waals surface area contributed by atoms with E-state index in [4.69, 9.17) is 5.73 Å². The molecule has 3 N–H and O–H groups in total. The fourth-order valence-corrected chi connectivity index (χ4v) is 6.96. The van der Waals surface area contributed by atoms with Crippen molar-refractivity contribution < 1.29 is 9.90 Å². The Morgan fingerprint density at radius 1 is 1.21 bits per heavy atom. The van der Waals surface area contributed by atoms with Crippen LogP contribution in [0.5, 0.6) is 0 Å². The predicted octanol–water partition coefficient (Wildman–Crippen LogP) is 1.58. The fourth-order valence-electron chi connectivity index (χ4n) is 6.96. The maximum Gasteiger partial charge on any atom is 0.241 e. The number of rotatable bonds is 2. The lowest BCUT2D eigenvalue weighted by molar-refractivity contribution is -0.177. The molecule has 2 unspecified atom stereocenters. The molecule has 1 saturated heterocycles. The van der Waals surface area contributed by atoms with Crippen molar-refractivity contribution in [2.75, 3.05) is 0 Å². The number of nitrogens with two attached hydrogens (primary N) is 1. The number of hydrogen-bond acceptors (Lipinski definition) is 4. The summed E-state index contributed by atoms with van der Waals surface area (Å²) in [6, 6.07) is 1.72. The lowest BCUT2D eigenvalue weighted by atomic mass is 9.46. The van der Waals surface area contributed by atoms with E-state index in [1.807, 2.05) is 0 Å². The lowest BCUT2D eigenvalue weighted by Crippen LogP contribution is -2.64. The van der Waals surface area contributed by atoms with Gasteiger partial charge in [-0.2, -0.15) is 5.26 Å². The van der Waals surface area contributed by atoms with Crippen LogP contribution in [-0.2, 0) is 4.79 Å². The third kappa shape index (κ3) is 2.16. The zero-order chi connectivity index (χ0) is 16.0. The Labute approximate surface area is 149 Å². The quantitative estimate of drug-likeness (QED) is 0.790. The number of halogens is 1. The summed E-state index contributed by atoms with van der Waals surface area (Å²) < 4.78 is 0. The van der Waals surface area contributed by atoms with Gasteiger partial charge < -0.3 is 15.7 Å². The van der Waals surface area contributed by atoms with Crippen LogP contribution in [0.3, 0.4) is 0 Å². The first-order valence-corrected chi connectivity index (χ1v) is 9.13. The third-order valence-electron chi connectivity index (χ3n) is 7.51. The van der Waals surface area contributed by atoms with Crippen molar-refractivity contribution in [1.29, 1.82) is 5.26 Å². The summed E-state index contributed by atoms with van der Waals surface area (Å²) in [6.07, 6.45) is 7.48. The summed E-state index contributed by atoms with van der Waals surface area (Å²) in [7, 11) is 0. The molecule has 132 valence electrons. The molecule has 24 heavy (non-hydrogen) atoms. The smallest absolute Gasteiger partial charge is 0.241 e. The molecule has 4 bridgehead atoms. The number of nitrogens with zero attached hydrogens (tertiary/aromatic N) is 2. The Bertz CT molecular complexity index is 604. The summed E-state index contributed by atoms with van der Waals surface area (Å²) >= 11 is 0. The zero-order valence-electron chi connectivity index (χ0n) is 13.9. The van der Waals surface area contributed by atoms with Gasteiger partial charge in [-0.15, -0.1) is 12.4 Å². The number of nitriles is 1. The molecular weight excluding hydrogens is 326 g/mol. The first-order chi connectivity index (χ1) is 10.9. The average Bonchev–Trinajstić information content (AvgIpc) is 3.14. The molecule has 6 fully saturated rings. The van der Waals surface area contributed by atoms with Crippen LogP contribution in [0.2, 0.25) is 0 Å². The molecule has 6 rings (SSSR count). The maximum atomic E-state index is 13.1. The van der Waals surface area contributed by atoms with Gasteiger partial charge in [-0.25, -0.2) is 0 Å². The van der Waals surface area contributed by atoms with Crippen molar-refractivity contribution in [3.8, 4) is 6.07 Å². The number of amides is 1. The summed E-state index contributed by atoms with van der Waals surface area (Å²) in [5, 5.41) is 20.2. The van der Waals surface area contributed by atoms with Crippen LogP contribution in [-0.4, -0.2) is 39.6 Å². The molecule has 1 amide bonds. The molecule has 0 aromatic heterocycles. The minimum absolute atomic E-state index is 0. The summed E-state index contributed by atoms with van der Waals surface area (Å²) in [5.74, 6) is 1.56. The number of carbonyl (C=O) groups excluding carboxylic acids is 1. The van der Waals surface area contributed by atoms with E-state index in [0.717, 1.165) is 38.5 Å². The van der Waals surface area contributed by atoms with Crippen molar-refractivity contribution in [3.05, 3.63) is 0 Å². The second-order valence-corrected chi connectivity index (χ2v) is 9.21. The van der Waals surface area contributed by atoms with E-state index in [2.05, 4.69) is 6.07 Å². The topological polar surface area (TPSA) is 90.4 Å². The molecule has 1 heterocycles. The van der Waals surface area contributed by atoms with Crippen LogP contribution in [0.15, 0.2) is 0 Å². The Kier molecular flexibility index (Phi) is 3.53. The van der Waals surface area contributed by atoms with Gasteiger partial charge >= 0.3 is 0 Å². The van der Waals surface area contributed by atoms with Crippen LogP contribution in [0.4, 0.5) is 0 Å². The van der Waals surface area contributed by atoms with Gasteiger partial charge in [0.05, 0.1) is 17.7 Å². The standard InChI is InChI=1S/C18H25N3O2.ClH/c19-8-13-2-12-3-14(12)21(13)16(22)15(20)17-4-10-1-11(5-17)7-18(23,6-10)9-17;/h10-15,23H,1-7,9,20H2;1H/t10?,11?,12-,13+,14+,15+,17?,18?;/m1./s1. The zero-order valence-corrected chi connectivity index (χ0v) is 14.7. The summed E-state index contributed by atoms with van der Waals surface area (Å²) in [5.41, 5.74) is 5.71. The third-order valence-corrected chi connectivity index (χ3v) is 7.51. The highest BCUT2D eigenvalue weighted by Crippen LogP contribution is 2.63. The minimum Gasteiger partial charge on any atom is -0.390 e. The van der Waals surface area contributed by atoms with Crippen molar-refractivity contribution in [2.45, 2.75) is 75.1 Å². The molecule has 0 aromatic rings. The molecule has 6 atom stereocenters. The summed E-state index contributed by atoms with van der Waals surface area (Å²) in [6.45, 7) is 0. The molecule has 0 spiro atoms. The lowest BCUT2D eigenvalue weighted by Gasteiger charge is -2.61. The molecule has 5 aliphatic carbocycles. The van der Waals surface area contributed by atoms with E-state index < -0.39 is 11.6 Å². The molecule has 0 radical (unpaired) electrons. The van der Waals surface area contributed by atoms with E-state index in [1.54, 1.807) is 4.90 Å². The van der Waals surface area contributed by atoms with Crippen molar-refractivity contribution >= 4 is 18.3 Å². The maximum absolute atomic E-state index is 13.1. The number of likely N-dealkylation sites (tertiary alicyclic amines) is 1. The van der Waals surface area contributed by atoms with Crippen LogP contribution < -0.4 is 5.73 Å². The van der Waals surface area contributed by atoms with E-state index in [9.17, 15) is 15.2 Å². The van der Waals surface area contributed by atoms with Gasteiger partial charge in [0.2, 0.25) is 5.91 Å². The largest absolute Gasteiger partial charge is 0.390 e.